The Morgan fingerprint density at radius 3 is 2.47 bits per heavy atom. The van der Waals surface area contributed by atoms with Gasteiger partial charge in [-0.2, -0.15) is 0 Å². The highest BCUT2D eigenvalue weighted by molar-refractivity contribution is 5.82. The number of carbonyl (C=O) groups excluding carboxylic acids is 1. The standard InChI is InChI=1S/C15H28N2O2/c1-15(2)10-16-14(19)13(9-18)17(11-15)12-7-5-3-4-6-8-12/h12-13,18H,3-11H2,1-2H3,(H,16,19). The molecule has 1 aliphatic carbocycles. The molecule has 4 nitrogen and oxygen atoms in total. The number of rotatable bonds is 2. The summed E-state index contributed by atoms with van der Waals surface area (Å²) in [6, 6.07) is 0.104. The van der Waals surface area contributed by atoms with Gasteiger partial charge in [-0.25, -0.2) is 0 Å². The molecule has 1 saturated heterocycles. The van der Waals surface area contributed by atoms with Gasteiger partial charge < -0.3 is 10.4 Å². The van der Waals surface area contributed by atoms with Gasteiger partial charge in [0, 0.05) is 19.1 Å². The summed E-state index contributed by atoms with van der Waals surface area (Å²) in [5.41, 5.74) is 0.0753. The summed E-state index contributed by atoms with van der Waals surface area (Å²) in [6.45, 7) is 5.90. The molecule has 19 heavy (non-hydrogen) atoms. The normalized spacial score (nSPS) is 30.5. The van der Waals surface area contributed by atoms with E-state index < -0.39 is 0 Å². The second-order valence-electron chi connectivity index (χ2n) is 6.90. The van der Waals surface area contributed by atoms with Crippen LogP contribution in [0.2, 0.25) is 0 Å². The smallest absolute Gasteiger partial charge is 0.239 e. The van der Waals surface area contributed by atoms with Crippen molar-refractivity contribution in [2.45, 2.75) is 64.5 Å². The summed E-state index contributed by atoms with van der Waals surface area (Å²) in [4.78, 5) is 14.4. The van der Waals surface area contributed by atoms with E-state index in [1.165, 1.54) is 38.5 Å². The molecule has 1 saturated carbocycles. The largest absolute Gasteiger partial charge is 0.394 e. The van der Waals surface area contributed by atoms with Gasteiger partial charge in [0.25, 0.3) is 0 Å². The first-order chi connectivity index (χ1) is 9.03. The maximum Gasteiger partial charge on any atom is 0.239 e. The Kier molecular flexibility index (Phi) is 4.85. The van der Waals surface area contributed by atoms with Crippen LogP contribution in [0.1, 0.15) is 52.4 Å². The highest BCUT2D eigenvalue weighted by Crippen LogP contribution is 2.28. The van der Waals surface area contributed by atoms with Crippen molar-refractivity contribution >= 4 is 5.91 Å². The van der Waals surface area contributed by atoms with Crippen molar-refractivity contribution in [1.82, 2.24) is 10.2 Å². The molecule has 1 amide bonds. The molecule has 0 aromatic rings. The molecule has 2 fully saturated rings. The molecule has 110 valence electrons. The molecule has 1 unspecified atom stereocenters. The summed E-state index contributed by atoms with van der Waals surface area (Å²) in [6.07, 6.45) is 7.45. The van der Waals surface area contributed by atoms with Gasteiger partial charge in [-0.1, -0.05) is 39.5 Å². The van der Waals surface area contributed by atoms with Crippen LogP contribution in [0, 0.1) is 5.41 Å². The monoisotopic (exact) mass is 268 g/mol. The number of carbonyl (C=O) groups is 1. The molecule has 2 aliphatic rings. The second kappa shape index (κ2) is 6.23. The van der Waals surface area contributed by atoms with Crippen LogP contribution < -0.4 is 5.32 Å². The van der Waals surface area contributed by atoms with E-state index in [2.05, 4.69) is 24.1 Å². The molecule has 0 aromatic heterocycles. The average molecular weight is 268 g/mol. The lowest BCUT2D eigenvalue weighted by molar-refractivity contribution is -0.128. The van der Waals surface area contributed by atoms with E-state index >= 15 is 0 Å². The zero-order valence-electron chi connectivity index (χ0n) is 12.3. The minimum atomic E-state index is -0.357. The van der Waals surface area contributed by atoms with Gasteiger partial charge in [0.05, 0.1) is 6.61 Å². The van der Waals surface area contributed by atoms with Crippen LogP contribution in [0.15, 0.2) is 0 Å². The van der Waals surface area contributed by atoms with Gasteiger partial charge in [-0.15, -0.1) is 0 Å². The highest BCUT2D eigenvalue weighted by Gasteiger charge is 2.38. The van der Waals surface area contributed by atoms with Crippen LogP contribution >= 0.6 is 0 Å². The number of nitrogens with zero attached hydrogens (tertiary/aromatic N) is 1. The van der Waals surface area contributed by atoms with Crippen LogP contribution in [0.25, 0.3) is 0 Å². The number of nitrogens with one attached hydrogen (secondary N) is 1. The predicted octanol–water partition coefficient (Wildman–Crippen LogP) is 1.53. The molecular weight excluding hydrogens is 240 g/mol. The maximum atomic E-state index is 12.2. The molecule has 1 atom stereocenters. The molecule has 0 aromatic carbocycles. The number of amides is 1. The predicted molar refractivity (Wildman–Crippen MR) is 75.9 cm³/mol. The Bertz CT molecular complexity index is 309. The molecule has 0 spiro atoms. The van der Waals surface area contributed by atoms with Crippen LogP contribution in [0.3, 0.4) is 0 Å². The summed E-state index contributed by atoms with van der Waals surface area (Å²) < 4.78 is 0. The van der Waals surface area contributed by atoms with Crippen LogP contribution in [-0.2, 0) is 4.79 Å². The van der Waals surface area contributed by atoms with Gasteiger partial charge >= 0.3 is 0 Å². The molecule has 1 heterocycles. The van der Waals surface area contributed by atoms with E-state index in [1.807, 2.05) is 0 Å². The van der Waals surface area contributed by atoms with Crippen molar-refractivity contribution in [2.75, 3.05) is 19.7 Å². The first-order valence-corrected chi connectivity index (χ1v) is 7.68. The molecule has 0 radical (unpaired) electrons. The van der Waals surface area contributed by atoms with E-state index in [9.17, 15) is 9.90 Å². The van der Waals surface area contributed by atoms with Crippen molar-refractivity contribution in [3.8, 4) is 0 Å². The minimum Gasteiger partial charge on any atom is -0.394 e. The Hall–Kier alpha value is -0.610. The lowest BCUT2D eigenvalue weighted by Crippen LogP contribution is -2.51. The number of hydrogen-bond donors (Lipinski definition) is 2. The van der Waals surface area contributed by atoms with Gasteiger partial charge in [0.15, 0.2) is 0 Å². The van der Waals surface area contributed by atoms with Crippen LogP contribution in [0.4, 0.5) is 0 Å². The Labute approximate surface area is 116 Å². The fraction of sp³-hybridized carbons (Fsp3) is 0.933. The van der Waals surface area contributed by atoms with E-state index in [-0.39, 0.29) is 24.0 Å². The lowest BCUT2D eigenvalue weighted by Gasteiger charge is -2.38. The second-order valence-corrected chi connectivity index (χ2v) is 6.90. The molecule has 4 heteroatoms. The van der Waals surface area contributed by atoms with Gasteiger partial charge in [0.2, 0.25) is 5.91 Å². The molecular formula is C15H28N2O2. The summed E-state index contributed by atoms with van der Waals surface area (Å²) in [7, 11) is 0. The molecule has 2 rings (SSSR count). The van der Waals surface area contributed by atoms with Crippen molar-refractivity contribution in [2.24, 2.45) is 5.41 Å². The number of aliphatic hydroxyl groups is 1. The molecule has 1 aliphatic heterocycles. The summed E-state index contributed by atoms with van der Waals surface area (Å²) in [5, 5.41) is 12.6. The van der Waals surface area contributed by atoms with Crippen molar-refractivity contribution < 1.29 is 9.90 Å². The van der Waals surface area contributed by atoms with E-state index in [1.54, 1.807) is 0 Å². The van der Waals surface area contributed by atoms with Crippen molar-refractivity contribution in [1.29, 1.82) is 0 Å². The van der Waals surface area contributed by atoms with Crippen LogP contribution in [0.5, 0.6) is 0 Å². The van der Waals surface area contributed by atoms with Gasteiger partial charge in [-0.3, -0.25) is 9.69 Å². The third-order valence-corrected chi connectivity index (χ3v) is 4.52. The van der Waals surface area contributed by atoms with Gasteiger partial charge in [0.1, 0.15) is 6.04 Å². The molecule has 2 N–H and O–H groups in total. The summed E-state index contributed by atoms with van der Waals surface area (Å²) in [5.74, 6) is -0.00248. The fourth-order valence-corrected chi connectivity index (χ4v) is 3.42. The maximum absolute atomic E-state index is 12.2. The van der Waals surface area contributed by atoms with E-state index in [0.717, 1.165) is 6.54 Å². The van der Waals surface area contributed by atoms with Crippen molar-refractivity contribution in [3.05, 3.63) is 0 Å². The zero-order valence-corrected chi connectivity index (χ0v) is 12.3. The van der Waals surface area contributed by atoms with Crippen molar-refractivity contribution in [3.63, 3.8) is 0 Å². The topological polar surface area (TPSA) is 52.6 Å². The summed E-state index contributed by atoms with van der Waals surface area (Å²) >= 11 is 0. The molecule has 0 bridgehead atoms. The highest BCUT2D eigenvalue weighted by atomic mass is 16.3. The Morgan fingerprint density at radius 1 is 1.26 bits per heavy atom. The third kappa shape index (κ3) is 3.69. The Balaban J connectivity index is 2.17. The van der Waals surface area contributed by atoms with E-state index in [4.69, 9.17) is 0 Å². The van der Waals surface area contributed by atoms with Crippen LogP contribution in [-0.4, -0.2) is 47.7 Å². The third-order valence-electron chi connectivity index (χ3n) is 4.52. The lowest BCUT2D eigenvalue weighted by atomic mass is 9.91. The van der Waals surface area contributed by atoms with Gasteiger partial charge in [-0.05, 0) is 18.3 Å². The number of hydrogen-bond acceptors (Lipinski definition) is 3. The Morgan fingerprint density at radius 2 is 1.89 bits per heavy atom. The first kappa shape index (κ1) is 14.8. The fourth-order valence-electron chi connectivity index (χ4n) is 3.42. The average Bonchev–Trinajstić information content (AvgIpc) is 2.69. The minimum absolute atomic E-state index is 0.00248. The van der Waals surface area contributed by atoms with E-state index in [0.29, 0.717) is 12.6 Å². The number of aliphatic hydroxyl groups excluding tert-OH is 1. The quantitative estimate of drug-likeness (QED) is 0.747. The SMILES string of the molecule is CC1(C)CNC(=O)C(CO)N(C2CCCCCC2)C1. The first-order valence-electron chi connectivity index (χ1n) is 7.68. The zero-order chi connectivity index (χ0) is 13.9.